The molecule has 17 heavy (non-hydrogen) atoms. The molecule has 0 saturated heterocycles. The summed E-state index contributed by atoms with van der Waals surface area (Å²) in [7, 11) is 1.87. The zero-order valence-electron chi connectivity index (χ0n) is 12.6. The molecule has 3 nitrogen and oxygen atoms in total. The van der Waals surface area contributed by atoms with Crippen LogP contribution in [-0.4, -0.2) is 37.1 Å². The summed E-state index contributed by atoms with van der Waals surface area (Å²) in [4.78, 5) is 13.3. The highest BCUT2D eigenvalue weighted by Gasteiger charge is 2.06. The topological polar surface area (TPSA) is 29.5 Å². The van der Waals surface area contributed by atoms with Gasteiger partial charge in [0.15, 0.2) is 0 Å². The molecular formula is C14H31NO2. The molecule has 0 saturated carbocycles. The van der Waals surface area contributed by atoms with Gasteiger partial charge in [0.25, 0.3) is 0 Å². The van der Waals surface area contributed by atoms with Crippen molar-refractivity contribution in [2.45, 2.75) is 66.4 Å². The Morgan fingerprint density at radius 2 is 1.82 bits per heavy atom. The van der Waals surface area contributed by atoms with E-state index in [4.69, 9.17) is 4.74 Å². The molecule has 0 atom stereocenters. The molecule has 0 aliphatic carbocycles. The summed E-state index contributed by atoms with van der Waals surface area (Å²) in [5, 5.41) is 0. The minimum atomic E-state index is 0.251. The first-order valence-corrected chi connectivity index (χ1v) is 6.93. The van der Waals surface area contributed by atoms with Gasteiger partial charge in [-0.1, -0.05) is 20.8 Å². The van der Waals surface area contributed by atoms with Crippen molar-refractivity contribution >= 4 is 5.91 Å². The lowest BCUT2D eigenvalue weighted by molar-refractivity contribution is -0.130. The molecule has 0 fully saturated rings. The Bertz CT molecular complexity index is 170. The van der Waals surface area contributed by atoms with Crippen LogP contribution in [0.15, 0.2) is 0 Å². The molecule has 0 aromatic carbocycles. The van der Waals surface area contributed by atoms with Crippen LogP contribution in [0.5, 0.6) is 0 Å². The summed E-state index contributed by atoms with van der Waals surface area (Å²) in [5.74, 6) is 0.251. The van der Waals surface area contributed by atoms with Crippen LogP contribution in [0, 0.1) is 0 Å². The van der Waals surface area contributed by atoms with Crippen LogP contribution in [-0.2, 0) is 9.53 Å². The second kappa shape index (κ2) is 13.5. The number of carbonyl (C=O) groups excluding carboxylic acids is 1. The predicted molar refractivity (Wildman–Crippen MR) is 74.2 cm³/mol. The van der Waals surface area contributed by atoms with Gasteiger partial charge in [0.2, 0.25) is 5.91 Å². The Morgan fingerprint density at radius 3 is 2.29 bits per heavy atom. The summed E-state index contributed by atoms with van der Waals surface area (Å²) >= 11 is 0. The van der Waals surface area contributed by atoms with Gasteiger partial charge in [-0.05, 0) is 33.1 Å². The van der Waals surface area contributed by atoms with E-state index in [-0.39, 0.29) is 5.91 Å². The maximum Gasteiger partial charge on any atom is 0.222 e. The van der Waals surface area contributed by atoms with Crippen LogP contribution in [0.2, 0.25) is 0 Å². The number of carbonyl (C=O) groups is 1. The van der Waals surface area contributed by atoms with E-state index < -0.39 is 0 Å². The zero-order chi connectivity index (χ0) is 13.7. The van der Waals surface area contributed by atoms with Gasteiger partial charge in [-0.3, -0.25) is 4.79 Å². The van der Waals surface area contributed by atoms with Gasteiger partial charge in [-0.15, -0.1) is 0 Å². The Labute approximate surface area is 108 Å². The number of ether oxygens (including phenoxy) is 1. The van der Waals surface area contributed by atoms with E-state index in [1.165, 1.54) is 0 Å². The summed E-state index contributed by atoms with van der Waals surface area (Å²) in [6, 6.07) is 0. The summed E-state index contributed by atoms with van der Waals surface area (Å²) in [6.07, 6.45) is 3.88. The molecule has 1 amide bonds. The molecule has 0 aromatic rings. The van der Waals surface area contributed by atoms with E-state index in [2.05, 4.69) is 6.92 Å². The molecule has 0 N–H and O–H groups in total. The van der Waals surface area contributed by atoms with E-state index >= 15 is 0 Å². The Kier molecular flexibility index (Phi) is 14.9. The number of nitrogens with zero attached hydrogens (tertiary/aromatic N) is 1. The van der Waals surface area contributed by atoms with Crippen molar-refractivity contribution in [3.63, 3.8) is 0 Å². The van der Waals surface area contributed by atoms with Gasteiger partial charge in [-0.25, -0.2) is 0 Å². The molecule has 0 aromatic heterocycles. The fraction of sp³-hybridized carbons (Fsp3) is 0.929. The molecule has 0 spiro atoms. The van der Waals surface area contributed by atoms with Crippen LogP contribution in [0.3, 0.4) is 0 Å². The lowest BCUT2D eigenvalue weighted by atomic mass is 10.2. The molecule has 0 radical (unpaired) electrons. The second-order valence-electron chi connectivity index (χ2n) is 4.19. The first kappa shape index (κ1) is 18.8. The summed E-state index contributed by atoms with van der Waals surface area (Å²) in [5.41, 5.74) is 0. The van der Waals surface area contributed by atoms with Crippen LogP contribution >= 0.6 is 0 Å². The van der Waals surface area contributed by atoms with Crippen LogP contribution in [0.1, 0.15) is 60.3 Å². The predicted octanol–water partition coefficient (Wildman–Crippen LogP) is 3.48. The minimum Gasteiger partial charge on any atom is -0.379 e. The third-order valence-corrected chi connectivity index (χ3v) is 2.22. The van der Waals surface area contributed by atoms with Crippen LogP contribution in [0.4, 0.5) is 0 Å². The van der Waals surface area contributed by atoms with Crippen molar-refractivity contribution < 1.29 is 9.53 Å². The van der Waals surface area contributed by atoms with E-state index in [1.54, 1.807) is 0 Å². The number of rotatable bonds is 8. The smallest absolute Gasteiger partial charge is 0.222 e. The molecule has 0 rings (SSSR count). The zero-order valence-corrected chi connectivity index (χ0v) is 12.6. The van der Waals surface area contributed by atoms with Crippen LogP contribution in [0.25, 0.3) is 0 Å². The fourth-order valence-corrected chi connectivity index (χ4v) is 1.35. The van der Waals surface area contributed by atoms with Gasteiger partial charge in [0.05, 0.1) is 6.10 Å². The van der Waals surface area contributed by atoms with Crippen molar-refractivity contribution in [3.8, 4) is 0 Å². The molecule has 104 valence electrons. The van der Waals surface area contributed by atoms with Crippen molar-refractivity contribution in [3.05, 3.63) is 0 Å². The maximum atomic E-state index is 11.5. The van der Waals surface area contributed by atoms with Crippen molar-refractivity contribution in [1.82, 2.24) is 4.90 Å². The molecule has 0 aliphatic rings. The average molecular weight is 245 g/mol. The lowest BCUT2D eigenvalue weighted by Gasteiger charge is -2.15. The highest BCUT2D eigenvalue weighted by Crippen LogP contribution is 2.01. The maximum absolute atomic E-state index is 11.5. The molecule has 0 heterocycles. The van der Waals surface area contributed by atoms with Gasteiger partial charge < -0.3 is 9.64 Å². The van der Waals surface area contributed by atoms with Crippen molar-refractivity contribution in [2.75, 3.05) is 20.2 Å². The SMILES string of the molecule is CC.CCCN(C)C(=O)CCCCOC(C)C. The quantitative estimate of drug-likeness (QED) is 0.613. The average Bonchev–Trinajstić information content (AvgIpc) is 2.31. The third kappa shape index (κ3) is 13.4. The normalized spacial score (nSPS) is 9.82. The standard InChI is InChI=1S/C12H25NO2.C2H6/c1-5-9-13(4)12(14)8-6-7-10-15-11(2)3;1-2/h11H,5-10H2,1-4H3;1-2H3. The Balaban J connectivity index is 0. The number of amides is 1. The number of unbranched alkanes of at least 4 members (excludes halogenated alkanes) is 1. The molecule has 0 unspecified atom stereocenters. The van der Waals surface area contributed by atoms with Gasteiger partial charge in [0, 0.05) is 26.6 Å². The van der Waals surface area contributed by atoms with Gasteiger partial charge >= 0.3 is 0 Å². The Morgan fingerprint density at radius 1 is 1.24 bits per heavy atom. The minimum absolute atomic E-state index is 0.251. The van der Waals surface area contributed by atoms with Crippen molar-refractivity contribution in [2.24, 2.45) is 0 Å². The highest BCUT2D eigenvalue weighted by atomic mass is 16.5. The fourth-order valence-electron chi connectivity index (χ4n) is 1.35. The highest BCUT2D eigenvalue weighted by molar-refractivity contribution is 5.75. The van der Waals surface area contributed by atoms with Crippen molar-refractivity contribution in [1.29, 1.82) is 0 Å². The monoisotopic (exact) mass is 245 g/mol. The molecular weight excluding hydrogens is 214 g/mol. The number of hydrogen-bond acceptors (Lipinski definition) is 2. The largest absolute Gasteiger partial charge is 0.379 e. The van der Waals surface area contributed by atoms with Gasteiger partial charge in [0.1, 0.15) is 0 Å². The van der Waals surface area contributed by atoms with E-state index in [0.29, 0.717) is 12.5 Å². The molecule has 3 heteroatoms. The first-order valence-electron chi connectivity index (χ1n) is 6.93. The molecule has 0 aliphatic heterocycles. The summed E-state index contributed by atoms with van der Waals surface area (Å²) in [6.45, 7) is 11.8. The Hall–Kier alpha value is -0.570. The molecule has 0 bridgehead atoms. The second-order valence-corrected chi connectivity index (χ2v) is 4.19. The number of hydrogen-bond donors (Lipinski definition) is 0. The van der Waals surface area contributed by atoms with E-state index in [1.807, 2.05) is 39.6 Å². The van der Waals surface area contributed by atoms with E-state index in [9.17, 15) is 4.79 Å². The third-order valence-electron chi connectivity index (χ3n) is 2.22. The van der Waals surface area contributed by atoms with Crippen LogP contribution < -0.4 is 0 Å². The first-order chi connectivity index (χ1) is 8.07. The van der Waals surface area contributed by atoms with E-state index in [0.717, 1.165) is 32.4 Å². The summed E-state index contributed by atoms with van der Waals surface area (Å²) < 4.78 is 5.41. The lowest BCUT2D eigenvalue weighted by Crippen LogP contribution is -2.27. The van der Waals surface area contributed by atoms with Gasteiger partial charge in [-0.2, -0.15) is 0 Å².